The van der Waals surface area contributed by atoms with Gasteiger partial charge in [-0.2, -0.15) is 0 Å². The summed E-state index contributed by atoms with van der Waals surface area (Å²) in [4.78, 5) is 14.0. The Bertz CT molecular complexity index is 877. The predicted molar refractivity (Wildman–Crippen MR) is 103 cm³/mol. The van der Waals surface area contributed by atoms with E-state index in [1.54, 1.807) is 24.3 Å². The van der Waals surface area contributed by atoms with E-state index >= 15 is 0 Å². The van der Waals surface area contributed by atoms with Gasteiger partial charge >= 0.3 is 0 Å². The summed E-state index contributed by atoms with van der Waals surface area (Å²) < 4.78 is 26.7. The predicted octanol–water partition coefficient (Wildman–Crippen LogP) is 2.14. The van der Waals surface area contributed by atoms with Gasteiger partial charge in [0.25, 0.3) is 15.7 Å². The average Bonchev–Trinajstić information content (AvgIpc) is 2.67. The fourth-order valence-corrected chi connectivity index (χ4v) is 2.76. The molecule has 0 spiro atoms. The first-order chi connectivity index (χ1) is 12.4. The molecule has 2 aromatic carbocycles. The van der Waals surface area contributed by atoms with Crippen LogP contribution in [0.2, 0.25) is 0 Å². The number of nitrogens with zero attached hydrogens (tertiary/aromatic N) is 2. The quantitative estimate of drug-likeness (QED) is 0.358. The van der Waals surface area contributed by atoms with E-state index in [4.69, 9.17) is 0 Å². The van der Waals surface area contributed by atoms with Crippen LogP contribution < -0.4 is 10.5 Å². The summed E-state index contributed by atoms with van der Waals surface area (Å²) in [6, 6.07) is 14.4. The maximum absolute atomic E-state index is 12.1. The van der Waals surface area contributed by atoms with Gasteiger partial charge in [0.1, 0.15) is 5.84 Å². The van der Waals surface area contributed by atoms with E-state index in [2.05, 4.69) is 15.4 Å². The lowest BCUT2D eigenvalue weighted by Crippen LogP contribution is -2.29. The van der Waals surface area contributed by atoms with E-state index < -0.39 is 14.9 Å². The number of aliphatic imine (C=N–C) groups is 1. The number of amidine groups is 1. The van der Waals surface area contributed by atoms with Crippen LogP contribution in [0.5, 0.6) is 0 Å². The summed E-state index contributed by atoms with van der Waals surface area (Å²) in [5.41, 5.74) is 5.62. The van der Waals surface area contributed by atoms with Crippen LogP contribution in [0.1, 0.15) is 11.1 Å². The zero-order valence-corrected chi connectivity index (χ0v) is 15.2. The van der Waals surface area contributed by atoms with Gasteiger partial charge in [0.2, 0.25) is 0 Å². The molecule has 2 aromatic rings. The lowest BCUT2D eigenvalue weighted by atomic mass is 10.2. The summed E-state index contributed by atoms with van der Waals surface area (Å²) in [5, 5.41) is 11.6. The molecule has 138 valence electrons. The molecule has 0 aliphatic rings. The second-order valence-corrected chi connectivity index (χ2v) is 6.30. The number of hydrogen-bond acceptors (Lipinski definition) is 6. The Balaban J connectivity index is 0.00000163. The number of nitrogens with one attached hydrogen (secondary N) is 1. The highest BCUT2D eigenvalue weighted by atomic mass is 32.2. The number of benzene rings is 2. The Hall–Kier alpha value is -3.04. The molecule has 0 saturated heterocycles. The lowest BCUT2D eigenvalue weighted by Gasteiger charge is -2.07. The van der Waals surface area contributed by atoms with Crippen LogP contribution >= 0.6 is 0 Å². The zero-order valence-electron chi connectivity index (χ0n) is 14.4. The highest BCUT2D eigenvalue weighted by Gasteiger charge is 2.11. The van der Waals surface area contributed by atoms with Gasteiger partial charge in [-0.25, -0.2) is 8.42 Å². The molecule has 0 aliphatic carbocycles. The topological polar surface area (TPSA) is 128 Å². The first kappa shape index (κ1) is 21.0. The number of rotatable bonds is 5. The highest BCUT2D eigenvalue weighted by molar-refractivity contribution is 7.93. The fourth-order valence-electron chi connectivity index (χ4n) is 1.87. The van der Waals surface area contributed by atoms with E-state index in [0.29, 0.717) is 11.1 Å². The van der Waals surface area contributed by atoms with Crippen molar-refractivity contribution < 1.29 is 13.3 Å². The van der Waals surface area contributed by atoms with Gasteiger partial charge in [0, 0.05) is 24.7 Å². The van der Waals surface area contributed by atoms with Crippen molar-refractivity contribution in [2.75, 3.05) is 14.1 Å². The number of non-ortho nitro benzene ring substituents is 1. The van der Waals surface area contributed by atoms with Gasteiger partial charge in [0.05, 0.1) is 10.3 Å². The molecular formula is C17H20N4O4S. The van der Waals surface area contributed by atoms with Gasteiger partial charge in [0.15, 0.2) is 0 Å². The molecule has 2 rings (SSSR count). The van der Waals surface area contributed by atoms with Gasteiger partial charge in [-0.3, -0.25) is 19.8 Å². The number of nitro groups is 1. The zero-order chi connectivity index (χ0) is 19.6. The molecule has 0 aromatic heterocycles. The average molecular weight is 376 g/mol. The molecule has 0 saturated carbocycles. The van der Waals surface area contributed by atoms with Crippen molar-refractivity contribution in [3.8, 4) is 0 Å². The monoisotopic (exact) mass is 376 g/mol. The molecule has 8 nitrogen and oxygen atoms in total. The van der Waals surface area contributed by atoms with Gasteiger partial charge < -0.3 is 5.73 Å². The van der Waals surface area contributed by atoms with Crippen molar-refractivity contribution in [1.82, 2.24) is 4.72 Å². The van der Waals surface area contributed by atoms with Crippen molar-refractivity contribution in [3.63, 3.8) is 0 Å². The van der Waals surface area contributed by atoms with Gasteiger partial charge in [-0.1, -0.05) is 30.3 Å². The van der Waals surface area contributed by atoms with Crippen molar-refractivity contribution in [2.45, 2.75) is 0 Å². The summed E-state index contributed by atoms with van der Waals surface area (Å²) in [6.45, 7) is 0. The number of sulfonamides is 1. The molecule has 0 heterocycles. The summed E-state index contributed by atoms with van der Waals surface area (Å²) in [6.07, 6.45) is 1.35. The molecule has 3 N–H and O–H groups in total. The summed E-state index contributed by atoms with van der Waals surface area (Å²) >= 11 is 0. The van der Waals surface area contributed by atoms with E-state index in [9.17, 15) is 18.5 Å². The lowest BCUT2D eigenvalue weighted by molar-refractivity contribution is -0.384. The molecule has 26 heavy (non-hydrogen) atoms. The summed E-state index contributed by atoms with van der Waals surface area (Å²) in [7, 11) is -0.770. The van der Waals surface area contributed by atoms with E-state index in [0.717, 1.165) is 5.41 Å². The van der Waals surface area contributed by atoms with Crippen LogP contribution in [-0.2, 0) is 10.0 Å². The molecule has 0 fully saturated rings. The maximum Gasteiger partial charge on any atom is 0.269 e. The van der Waals surface area contributed by atoms with Crippen molar-refractivity contribution in [3.05, 3.63) is 81.2 Å². The molecule has 0 unspecified atom stereocenters. The Morgan fingerprint density at radius 2 is 1.69 bits per heavy atom. The van der Waals surface area contributed by atoms with Crippen LogP contribution in [-0.4, -0.2) is 33.3 Å². The van der Waals surface area contributed by atoms with Gasteiger partial charge in [-0.15, -0.1) is 0 Å². The minimum atomic E-state index is -3.76. The molecule has 0 radical (unpaired) electrons. The Morgan fingerprint density at radius 1 is 1.12 bits per heavy atom. The third-order valence-corrected chi connectivity index (χ3v) is 4.03. The van der Waals surface area contributed by atoms with Crippen molar-refractivity contribution in [2.24, 2.45) is 10.7 Å². The van der Waals surface area contributed by atoms with Crippen molar-refractivity contribution >= 4 is 27.6 Å². The third kappa shape index (κ3) is 6.46. The molecule has 0 atom stereocenters. The second-order valence-electron chi connectivity index (χ2n) is 4.74. The minimum Gasteiger partial charge on any atom is -0.333 e. The van der Waals surface area contributed by atoms with Crippen LogP contribution in [0.25, 0.3) is 6.08 Å². The third-order valence-electron chi connectivity index (χ3n) is 3.05. The standard InChI is InChI=1S/C16H15N3O4S.CH5N/c1-17-16(14-5-3-2-4-6-14)18-24(22,23)12-11-13-7-9-15(10-8-13)19(20)21;1-2/h2-12H,1H3,(H,17,18);2H2,1H3/b12-11+;. The Kier molecular flexibility index (Phi) is 8.13. The number of nitrogens with two attached hydrogens (primary N) is 1. The van der Waals surface area contributed by atoms with Crippen LogP contribution in [0.4, 0.5) is 5.69 Å². The first-order valence-electron chi connectivity index (χ1n) is 7.46. The SMILES string of the molecule is CN.CN=C(NS(=O)(=O)/C=C/c1ccc([N+](=O)[O-])cc1)c1ccccc1. The van der Waals surface area contributed by atoms with Crippen LogP contribution in [0.3, 0.4) is 0 Å². The van der Waals surface area contributed by atoms with E-state index in [1.807, 2.05) is 6.07 Å². The Morgan fingerprint density at radius 3 is 2.19 bits per heavy atom. The molecule has 0 amide bonds. The number of hydrogen-bond donors (Lipinski definition) is 2. The smallest absolute Gasteiger partial charge is 0.269 e. The molecule has 9 heteroatoms. The minimum absolute atomic E-state index is 0.0578. The fraction of sp³-hybridized carbons (Fsp3) is 0.118. The molecular weight excluding hydrogens is 356 g/mol. The summed E-state index contributed by atoms with van der Waals surface area (Å²) in [5.74, 6) is 0.226. The second kappa shape index (κ2) is 10.1. The van der Waals surface area contributed by atoms with Gasteiger partial charge in [-0.05, 0) is 30.8 Å². The first-order valence-corrected chi connectivity index (χ1v) is 9.01. The van der Waals surface area contributed by atoms with Crippen LogP contribution in [0, 0.1) is 10.1 Å². The number of nitro benzene ring substituents is 1. The largest absolute Gasteiger partial charge is 0.333 e. The van der Waals surface area contributed by atoms with Crippen molar-refractivity contribution in [1.29, 1.82) is 0 Å². The van der Waals surface area contributed by atoms with E-state index in [-0.39, 0.29) is 11.5 Å². The molecule has 0 bridgehead atoms. The maximum atomic E-state index is 12.1. The Labute approximate surface area is 152 Å². The normalized spacial score (nSPS) is 11.6. The van der Waals surface area contributed by atoms with Crippen LogP contribution in [0.15, 0.2) is 65.0 Å². The highest BCUT2D eigenvalue weighted by Crippen LogP contribution is 2.13. The molecule has 0 aliphatic heterocycles. The van der Waals surface area contributed by atoms with E-state index in [1.165, 1.54) is 44.4 Å².